The molecule has 0 saturated carbocycles. The number of halogens is 1. The molecule has 0 aliphatic rings. The van der Waals surface area contributed by atoms with Crippen molar-refractivity contribution in [2.75, 3.05) is 0 Å². The zero-order valence-electron chi connectivity index (χ0n) is 18.4. The smallest absolute Gasteiger partial charge is 0.280 e. The monoisotopic (exact) mass is 452 g/mol. The van der Waals surface area contributed by atoms with Crippen LogP contribution >= 0.6 is 0 Å². The minimum Gasteiger partial charge on any atom is -0.316 e. The standard InChI is InChI=1S/C26H21FN6O/c1-18(30-22-11-7-19(8-12-22)15-32-16-28-29-17-32)24-25(20-5-3-2-4-6-20)31-33(26(24)34)23-13-9-21(27)10-14-23/h2-14,16-17,31H,15H2,1H3. The van der Waals surface area contributed by atoms with Crippen LogP contribution < -0.4 is 5.56 Å². The van der Waals surface area contributed by atoms with E-state index < -0.39 is 0 Å². The van der Waals surface area contributed by atoms with E-state index in [1.165, 1.54) is 16.8 Å². The van der Waals surface area contributed by atoms with Crippen molar-refractivity contribution in [3.8, 4) is 16.9 Å². The lowest BCUT2D eigenvalue weighted by molar-refractivity contribution is 0.627. The first-order valence-electron chi connectivity index (χ1n) is 10.7. The molecule has 1 N–H and O–H groups in total. The van der Waals surface area contributed by atoms with Crippen molar-refractivity contribution in [3.63, 3.8) is 0 Å². The number of aromatic nitrogens is 5. The number of H-pyrrole nitrogens is 1. The number of aliphatic imine (C=N–C) groups is 1. The summed E-state index contributed by atoms with van der Waals surface area (Å²) in [5.74, 6) is -0.364. The molecule has 0 bridgehead atoms. The number of hydrogen-bond donors (Lipinski definition) is 1. The maximum absolute atomic E-state index is 13.5. The van der Waals surface area contributed by atoms with Gasteiger partial charge in [0.2, 0.25) is 0 Å². The van der Waals surface area contributed by atoms with Gasteiger partial charge in [0.25, 0.3) is 5.56 Å². The lowest BCUT2D eigenvalue weighted by Crippen LogP contribution is -2.19. The van der Waals surface area contributed by atoms with Crippen molar-refractivity contribution in [2.24, 2.45) is 4.99 Å². The Morgan fingerprint density at radius 3 is 2.29 bits per heavy atom. The highest BCUT2D eigenvalue weighted by molar-refractivity contribution is 6.04. The molecule has 5 rings (SSSR count). The molecule has 0 atom stereocenters. The van der Waals surface area contributed by atoms with Crippen LogP contribution in [0.25, 0.3) is 16.9 Å². The maximum Gasteiger partial charge on any atom is 0.280 e. The van der Waals surface area contributed by atoms with Gasteiger partial charge in [0.1, 0.15) is 18.5 Å². The number of nitrogens with one attached hydrogen (secondary N) is 1. The summed E-state index contributed by atoms with van der Waals surface area (Å²) in [5, 5.41) is 10.8. The molecule has 0 aliphatic carbocycles. The second kappa shape index (κ2) is 9.11. The summed E-state index contributed by atoms with van der Waals surface area (Å²) < 4.78 is 16.7. The van der Waals surface area contributed by atoms with E-state index in [-0.39, 0.29) is 11.4 Å². The summed E-state index contributed by atoms with van der Waals surface area (Å²) >= 11 is 0. The van der Waals surface area contributed by atoms with Gasteiger partial charge in [-0.15, -0.1) is 10.2 Å². The topological polar surface area (TPSA) is 80.9 Å². The first kappa shape index (κ1) is 21.3. The lowest BCUT2D eigenvalue weighted by Gasteiger charge is -2.04. The predicted octanol–water partition coefficient (Wildman–Crippen LogP) is 4.75. The molecule has 0 aliphatic heterocycles. The summed E-state index contributed by atoms with van der Waals surface area (Å²) in [6, 6.07) is 23.2. The highest BCUT2D eigenvalue weighted by Crippen LogP contribution is 2.23. The molecule has 0 fully saturated rings. The molecule has 34 heavy (non-hydrogen) atoms. The van der Waals surface area contributed by atoms with Crippen LogP contribution in [-0.2, 0) is 6.54 Å². The van der Waals surface area contributed by atoms with E-state index in [0.29, 0.717) is 29.2 Å². The third kappa shape index (κ3) is 4.33. The Morgan fingerprint density at radius 1 is 0.941 bits per heavy atom. The molecule has 5 aromatic rings. The largest absolute Gasteiger partial charge is 0.316 e. The second-order valence-electron chi connectivity index (χ2n) is 7.84. The lowest BCUT2D eigenvalue weighted by atomic mass is 10.1. The van der Waals surface area contributed by atoms with E-state index in [4.69, 9.17) is 4.99 Å². The number of rotatable bonds is 6. The quantitative estimate of drug-likeness (QED) is 0.378. The Morgan fingerprint density at radius 2 is 1.62 bits per heavy atom. The molecule has 168 valence electrons. The number of benzene rings is 3. The molecule has 3 aromatic carbocycles. The van der Waals surface area contributed by atoms with E-state index in [1.807, 2.05) is 66.1 Å². The van der Waals surface area contributed by atoms with E-state index >= 15 is 0 Å². The van der Waals surface area contributed by atoms with Crippen molar-refractivity contribution in [3.05, 3.63) is 119 Å². The van der Waals surface area contributed by atoms with Gasteiger partial charge in [-0.25, -0.2) is 9.07 Å². The second-order valence-corrected chi connectivity index (χ2v) is 7.84. The first-order chi connectivity index (χ1) is 16.6. The molecular formula is C26H21FN6O. The zero-order chi connectivity index (χ0) is 23.5. The van der Waals surface area contributed by atoms with E-state index in [1.54, 1.807) is 24.8 Å². The van der Waals surface area contributed by atoms with Crippen LogP contribution in [0, 0.1) is 5.82 Å². The Bertz CT molecular complexity index is 1480. The fourth-order valence-electron chi connectivity index (χ4n) is 3.80. The zero-order valence-corrected chi connectivity index (χ0v) is 18.4. The van der Waals surface area contributed by atoms with Gasteiger partial charge in [-0.1, -0.05) is 42.5 Å². The Kier molecular flexibility index (Phi) is 5.70. The molecule has 0 unspecified atom stereocenters. The average molecular weight is 452 g/mol. The van der Waals surface area contributed by atoms with Gasteiger partial charge in [0.05, 0.1) is 28.3 Å². The molecule has 2 heterocycles. The van der Waals surface area contributed by atoms with Crippen LogP contribution in [0.1, 0.15) is 18.1 Å². The van der Waals surface area contributed by atoms with Crippen molar-refractivity contribution in [2.45, 2.75) is 13.5 Å². The van der Waals surface area contributed by atoms with Gasteiger partial charge in [-0.05, 0) is 48.9 Å². The first-order valence-corrected chi connectivity index (χ1v) is 10.7. The van der Waals surface area contributed by atoms with Crippen LogP contribution in [-0.4, -0.2) is 30.3 Å². The highest BCUT2D eigenvalue weighted by Gasteiger charge is 2.19. The number of nitrogens with zero attached hydrogens (tertiary/aromatic N) is 5. The van der Waals surface area contributed by atoms with Crippen LogP contribution in [0.5, 0.6) is 0 Å². The highest BCUT2D eigenvalue weighted by atomic mass is 19.1. The summed E-state index contributed by atoms with van der Waals surface area (Å²) in [7, 11) is 0. The van der Waals surface area contributed by atoms with Crippen LogP contribution in [0.2, 0.25) is 0 Å². The van der Waals surface area contributed by atoms with Gasteiger partial charge in [0, 0.05) is 12.1 Å². The maximum atomic E-state index is 13.5. The minimum absolute atomic E-state index is 0.254. The van der Waals surface area contributed by atoms with Crippen LogP contribution in [0.3, 0.4) is 0 Å². The van der Waals surface area contributed by atoms with E-state index in [2.05, 4.69) is 15.3 Å². The SMILES string of the molecule is CC(=Nc1ccc(Cn2cnnc2)cc1)c1c(-c2ccccc2)[nH]n(-c2ccc(F)cc2)c1=O. The van der Waals surface area contributed by atoms with Gasteiger partial charge in [0.15, 0.2) is 0 Å². The van der Waals surface area contributed by atoms with Gasteiger partial charge >= 0.3 is 0 Å². The minimum atomic E-state index is -0.364. The number of aromatic amines is 1. The molecule has 0 amide bonds. The van der Waals surface area contributed by atoms with Crippen LogP contribution in [0.15, 0.2) is 101 Å². The molecule has 8 heteroatoms. The van der Waals surface area contributed by atoms with E-state index in [9.17, 15) is 9.18 Å². The Labute approximate surface area is 194 Å². The molecule has 0 radical (unpaired) electrons. The third-order valence-corrected chi connectivity index (χ3v) is 5.46. The fraction of sp³-hybridized carbons (Fsp3) is 0.0769. The van der Waals surface area contributed by atoms with Gasteiger partial charge in [-0.2, -0.15) is 0 Å². The van der Waals surface area contributed by atoms with Crippen LogP contribution in [0.4, 0.5) is 10.1 Å². The van der Waals surface area contributed by atoms with Crippen molar-refractivity contribution in [1.82, 2.24) is 24.5 Å². The fourth-order valence-corrected chi connectivity index (χ4v) is 3.80. The van der Waals surface area contributed by atoms with Gasteiger partial charge in [-0.3, -0.25) is 14.9 Å². The Hall–Kier alpha value is -4.59. The average Bonchev–Trinajstić information content (AvgIpc) is 3.49. The summed E-state index contributed by atoms with van der Waals surface area (Å²) in [6.07, 6.45) is 3.33. The molecular weight excluding hydrogens is 431 g/mol. The molecule has 0 spiro atoms. The molecule has 0 saturated heterocycles. The molecule has 7 nitrogen and oxygen atoms in total. The summed E-state index contributed by atoms with van der Waals surface area (Å²) in [5.41, 5.74) is 4.66. The summed E-state index contributed by atoms with van der Waals surface area (Å²) in [4.78, 5) is 18.2. The van der Waals surface area contributed by atoms with Crippen molar-refractivity contribution in [1.29, 1.82) is 0 Å². The van der Waals surface area contributed by atoms with Gasteiger partial charge < -0.3 is 4.57 Å². The third-order valence-electron chi connectivity index (χ3n) is 5.46. The normalized spacial score (nSPS) is 11.6. The molecule has 2 aromatic heterocycles. The Balaban J connectivity index is 1.54. The summed E-state index contributed by atoms with van der Waals surface area (Å²) in [6.45, 7) is 2.48. The van der Waals surface area contributed by atoms with Crippen molar-refractivity contribution < 1.29 is 4.39 Å². The number of hydrogen-bond acceptors (Lipinski definition) is 4. The van der Waals surface area contributed by atoms with E-state index in [0.717, 1.165) is 16.8 Å². The predicted molar refractivity (Wildman–Crippen MR) is 129 cm³/mol. The van der Waals surface area contributed by atoms with Crippen molar-refractivity contribution >= 4 is 11.4 Å².